The van der Waals surface area contributed by atoms with E-state index in [1.807, 2.05) is 17.0 Å². The van der Waals surface area contributed by atoms with E-state index in [0.29, 0.717) is 54.2 Å². The first-order chi connectivity index (χ1) is 13.9. The SMILES string of the molecule is CC(C)CCC(=O)N1CCN(C(=O)CCn2c(=S)[nH]c3ccccc3c2=O)CC1. The number of benzene rings is 1. The zero-order valence-corrected chi connectivity index (χ0v) is 17.8. The van der Waals surface area contributed by atoms with Crippen LogP contribution in [0.1, 0.15) is 33.1 Å². The van der Waals surface area contributed by atoms with Gasteiger partial charge in [0.1, 0.15) is 0 Å². The number of amides is 2. The van der Waals surface area contributed by atoms with Gasteiger partial charge in [0.05, 0.1) is 10.9 Å². The number of rotatable bonds is 6. The lowest BCUT2D eigenvalue weighted by atomic mass is 10.1. The Bertz CT molecular complexity index is 1000. The van der Waals surface area contributed by atoms with Gasteiger partial charge < -0.3 is 14.8 Å². The maximum Gasteiger partial charge on any atom is 0.262 e. The van der Waals surface area contributed by atoms with E-state index in [9.17, 15) is 14.4 Å². The van der Waals surface area contributed by atoms with Crippen LogP contribution in [0.15, 0.2) is 29.1 Å². The van der Waals surface area contributed by atoms with Crippen LogP contribution < -0.4 is 5.56 Å². The molecule has 1 aliphatic heterocycles. The van der Waals surface area contributed by atoms with E-state index in [2.05, 4.69) is 18.8 Å². The third-order valence-electron chi connectivity index (χ3n) is 5.36. The van der Waals surface area contributed by atoms with Crippen LogP contribution in [-0.2, 0) is 16.1 Å². The molecule has 0 saturated carbocycles. The minimum atomic E-state index is -0.183. The monoisotopic (exact) mass is 416 g/mol. The Labute approximate surface area is 175 Å². The van der Waals surface area contributed by atoms with E-state index in [1.54, 1.807) is 17.0 Å². The number of nitrogens with one attached hydrogen (secondary N) is 1. The summed E-state index contributed by atoms with van der Waals surface area (Å²) < 4.78 is 1.77. The molecule has 0 atom stereocenters. The van der Waals surface area contributed by atoms with Crippen molar-refractivity contribution in [3.05, 3.63) is 39.4 Å². The fourth-order valence-corrected chi connectivity index (χ4v) is 3.83. The van der Waals surface area contributed by atoms with Gasteiger partial charge in [-0.15, -0.1) is 0 Å². The number of aromatic nitrogens is 2. The number of piperazine rings is 1. The minimum Gasteiger partial charge on any atom is -0.339 e. The van der Waals surface area contributed by atoms with Crippen LogP contribution >= 0.6 is 12.2 Å². The summed E-state index contributed by atoms with van der Waals surface area (Å²) in [5.74, 6) is 0.653. The summed E-state index contributed by atoms with van der Waals surface area (Å²) >= 11 is 5.30. The predicted octanol–water partition coefficient (Wildman–Crippen LogP) is 2.56. The van der Waals surface area contributed by atoms with Crippen LogP contribution in [0.2, 0.25) is 0 Å². The fourth-order valence-electron chi connectivity index (χ4n) is 3.54. The van der Waals surface area contributed by atoms with Crippen molar-refractivity contribution >= 4 is 34.9 Å². The Hall–Kier alpha value is -2.48. The molecule has 0 unspecified atom stereocenters. The Morgan fingerprint density at radius 1 is 1.03 bits per heavy atom. The van der Waals surface area contributed by atoms with Crippen molar-refractivity contribution in [2.45, 2.75) is 39.7 Å². The van der Waals surface area contributed by atoms with Crippen molar-refractivity contribution in [2.75, 3.05) is 26.2 Å². The van der Waals surface area contributed by atoms with E-state index in [0.717, 1.165) is 6.42 Å². The van der Waals surface area contributed by atoms with E-state index < -0.39 is 0 Å². The van der Waals surface area contributed by atoms with Crippen LogP contribution in [0, 0.1) is 10.7 Å². The lowest BCUT2D eigenvalue weighted by Crippen LogP contribution is -2.50. The van der Waals surface area contributed by atoms with Gasteiger partial charge in [0, 0.05) is 45.6 Å². The van der Waals surface area contributed by atoms with Gasteiger partial charge in [0.2, 0.25) is 11.8 Å². The van der Waals surface area contributed by atoms with Crippen molar-refractivity contribution in [1.82, 2.24) is 19.4 Å². The molecule has 1 fully saturated rings. The summed E-state index contributed by atoms with van der Waals surface area (Å²) in [6.45, 7) is 6.66. The number of carbonyl (C=O) groups is 2. The second kappa shape index (κ2) is 9.35. The lowest BCUT2D eigenvalue weighted by molar-refractivity contribution is -0.139. The van der Waals surface area contributed by atoms with Crippen molar-refractivity contribution < 1.29 is 9.59 Å². The predicted molar refractivity (Wildman–Crippen MR) is 115 cm³/mol. The van der Waals surface area contributed by atoms with Gasteiger partial charge in [0.25, 0.3) is 5.56 Å². The molecule has 8 heteroatoms. The molecule has 2 heterocycles. The van der Waals surface area contributed by atoms with Crippen molar-refractivity contribution in [3.63, 3.8) is 0 Å². The van der Waals surface area contributed by atoms with Crippen LogP contribution in [0.4, 0.5) is 0 Å². The number of fused-ring (bicyclic) bond motifs is 1. The third-order valence-corrected chi connectivity index (χ3v) is 5.68. The highest BCUT2D eigenvalue weighted by Gasteiger charge is 2.24. The number of nitrogens with zero attached hydrogens (tertiary/aromatic N) is 3. The Morgan fingerprint density at radius 2 is 1.62 bits per heavy atom. The molecule has 0 radical (unpaired) electrons. The van der Waals surface area contributed by atoms with Crippen LogP contribution in [0.25, 0.3) is 10.9 Å². The fraction of sp³-hybridized carbons (Fsp3) is 0.524. The molecular formula is C21H28N4O3S. The second-order valence-corrected chi connectivity index (χ2v) is 8.26. The number of hydrogen-bond donors (Lipinski definition) is 1. The van der Waals surface area contributed by atoms with E-state index in [-0.39, 0.29) is 30.3 Å². The average molecular weight is 417 g/mol. The lowest BCUT2D eigenvalue weighted by Gasteiger charge is -2.35. The molecule has 0 spiro atoms. The van der Waals surface area contributed by atoms with Gasteiger partial charge >= 0.3 is 0 Å². The number of hydrogen-bond acceptors (Lipinski definition) is 4. The molecule has 0 aliphatic carbocycles. The molecule has 1 aromatic carbocycles. The zero-order chi connectivity index (χ0) is 21.0. The molecule has 0 bridgehead atoms. The molecule has 1 saturated heterocycles. The van der Waals surface area contributed by atoms with Crippen LogP contribution in [-0.4, -0.2) is 57.3 Å². The number of carbonyl (C=O) groups excluding carboxylic acids is 2. The molecule has 1 aliphatic rings. The summed E-state index contributed by atoms with van der Waals surface area (Å²) in [6, 6.07) is 7.20. The van der Waals surface area contributed by atoms with E-state index >= 15 is 0 Å². The normalized spacial score (nSPS) is 14.6. The van der Waals surface area contributed by atoms with Crippen LogP contribution in [0.3, 0.4) is 0 Å². The highest BCUT2D eigenvalue weighted by atomic mass is 32.1. The topological polar surface area (TPSA) is 78.4 Å². The largest absolute Gasteiger partial charge is 0.339 e. The molecular weight excluding hydrogens is 388 g/mol. The van der Waals surface area contributed by atoms with Gasteiger partial charge in [-0.3, -0.25) is 19.0 Å². The molecule has 156 valence electrons. The molecule has 7 nitrogen and oxygen atoms in total. The second-order valence-electron chi connectivity index (χ2n) is 7.88. The number of para-hydroxylation sites is 1. The summed E-state index contributed by atoms with van der Waals surface area (Å²) in [4.78, 5) is 44.2. The Kier molecular flexibility index (Phi) is 6.84. The van der Waals surface area contributed by atoms with Gasteiger partial charge in [-0.2, -0.15) is 0 Å². The highest BCUT2D eigenvalue weighted by Crippen LogP contribution is 2.11. The zero-order valence-electron chi connectivity index (χ0n) is 17.0. The van der Waals surface area contributed by atoms with E-state index in [4.69, 9.17) is 12.2 Å². The van der Waals surface area contributed by atoms with Crippen molar-refractivity contribution in [3.8, 4) is 0 Å². The smallest absolute Gasteiger partial charge is 0.262 e. The maximum absolute atomic E-state index is 12.7. The van der Waals surface area contributed by atoms with Crippen molar-refractivity contribution in [1.29, 1.82) is 0 Å². The highest BCUT2D eigenvalue weighted by molar-refractivity contribution is 7.71. The van der Waals surface area contributed by atoms with Crippen molar-refractivity contribution in [2.24, 2.45) is 5.92 Å². The van der Waals surface area contributed by atoms with Gasteiger partial charge in [-0.05, 0) is 36.7 Å². The number of aromatic amines is 1. The van der Waals surface area contributed by atoms with Gasteiger partial charge in [-0.25, -0.2) is 0 Å². The first-order valence-corrected chi connectivity index (χ1v) is 10.5. The Balaban J connectivity index is 1.56. The number of H-pyrrole nitrogens is 1. The van der Waals surface area contributed by atoms with E-state index in [1.165, 1.54) is 4.57 Å². The average Bonchev–Trinajstić information content (AvgIpc) is 2.71. The maximum atomic E-state index is 12.7. The molecule has 3 rings (SSSR count). The van der Waals surface area contributed by atoms with Gasteiger partial charge in [-0.1, -0.05) is 26.0 Å². The molecule has 1 N–H and O–H groups in total. The molecule has 1 aromatic heterocycles. The summed E-state index contributed by atoms with van der Waals surface area (Å²) in [6.07, 6.45) is 1.66. The van der Waals surface area contributed by atoms with Gasteiger partial charge in [0.15, 0.2) is 4.77 Å². The molecule has 2 amide bonds. The molecule has 29 heavy (non-hydrogen) atoms. The minimum absolute atomic E-state index is 0.0197. The Morgan fingerprint density at radius 3 is 2.24 bits per heavy atom. The molecule has 2 aromatic rings. The standard InChI is InChI=1S/C21H28N4O3S/c1-15(2)7-8-18(26)23-11-13-24(14-12-23)19(27)9-10-25-20(28)16-5-3-4-6-17(16)22-21(25)29/h3-6,15H,7-14H2,1-2H3,(H,22,29). The summed E-state index contributed by atoms with van der Waals surface area (Å²) in [7, 11) is 0. The first kappa shape index (κ1) is 21.2. The quantitative estimate of drug-likeness (QED) is 0.734. The first-order valence-electron chi connectivity index (χ1n) is 10.1. The summed E-state index contributed by atoms with van der Waals surface area (Å²) in [5, 5.41) is 0.557. The third kappa shape index (κ3) is 5.12. The van der Waals surface area contributed by atoms with Crippen LogP contribution in [0.5, 0.6) is 0 Å². The summed E-state index contributed by atoms with van der Waals surface area (Å²) in [5.41, 5.74) is 0.515.